The lowest BCUT2D eigenvalue weighted by atomic mass is 10.1. The van der Waals surface area contributed by atoms with E-state index in [9.17, 15) is 25.3 Å². The number of benzene rings is 2. The number of likely N-dealkylation sites (tertiary alicyclic amines) is 1. The maximum absolute atomic E-state index is 11.2. The van der Waals surface area contributed by atoms with Gasteiger partial charge in [-0.15, -0.1) is 0 Å². The zero-order chi connectivity index (χ0) is 24.1. The van der Waals surface area contributed by atoms with Crippen LogP contribution in [0.3, 0.4) is 0 Å². The first kappa shape index (κ1) is 23.3. The van der Waals surface area contributed by atoms with Crippen molar-refractivity contribution in [2.45, 2.75) is 32.4 Å². The van der Waals surface area contributed by atoms with Crippen LogP contribution in [0.2, 0.25) is 0 Å². The summed E-state index contributed by atoms with van der Waals surface area (Å²) in [6.45, 7) is 4.58. The molecule has 0 saturated carbocycles. The fourth-order valence-corrected chi connectivity index (χ4v) is 4.13. The summed E-state index contributed by atoms with van der Waals surface area (Å²) in [5.74, 6) is 0.0653. The SMILES string of the molecule is O=[N+]([O-])c1cc2c(cc1O)CN=C2.O=[N+]([O-])c1cc2c(cc1OCCN1CCCCC1)CN=C2. The Bertz CT molecular complexity index is 1160. The van der Waals surface area contributed by atoms with Crippen molar-refractivity contribution in [3.63, 3.8) is 0 Å². The monoisotopic (exact) mass is 467 g/mol. The number of hydrogen-bond acceptors (Lipinski definition) is 9. The number of ether oxygens (including phenoxy) is 1. The number of nitro benzene ring substituents is 2. The molecule has 34 heavy (non-hydrogen) atoms. The topological polar surface area (TPSA) is 144 Å². The molecule has 0 unspecified atom stereocenters. The fraction of sp³-hybridized carbons (Fsp3) is 0.391. The molecule has 2 aromatic rings. The van der Waals surface area contributed by atoms with E-state index < -0.39 is 4.92 Å². The van der Waals surface area contributed by atoms with Crippen LogP contribution in [0.15, 0.2) is 34.3 Å². The molecular weight excluding hydrogens is 442 g/mol. The number of nitro groups is 2. The van der Waals surface area contributed by atoms with Crippen LogP contribution < -0.4 is 4.74 Å². The van der Waals surface area contributed by atoms with Gasteiger partial charge in [0.2, 0.25) is 0 Å². The van der Waals surface area contributed by atoms with E-state index in [2.05, 4.69) is 14.9 Å². The first-order valence-electron chi connectivity index (χ1n) is 11.1. The van der Waals surface area contributed by atoms with Crippen LogP contribution in [0.1, 0.15) is 41.5 Å². The highest BCUT2D eigenvalue weighted by molar-refractivity contribution is 5.87. The van der Waals surface area contributed by atoms with Gasteiger partial charge in [0.05, 0.1) is 22.9 Å². The van der Waals surface area contributed by atoms with Crippen molar-refractivity contribution < 1.29 is 19.7 Å². The number of hydrogen-bond donors (Lipinski definition) is 1. The molecule has 0 amide bonds. The summed E-state index contributed by atoms with van der Waals surface area (Å²) in [5.41, 5.74) is 3.11. The summed E-state index contributed by atoms with van der Waals surface area (Å²) in [4.78, 5) is 31.0. The molecule has 0 aliphatic carbocycles. The molecule has 178 valence electrons. The van der Waals surface area contributed by atoms with E-state index in [-0.39, 0.29) is 22.0 Å². The van der Waals surface area contributed by atoms with Gasteiger partial charge in [-0.3, -0.25) is 35.1 Å². The van der Waals surface area contributed by atoms with Crippen LogP contribution in [-0.4, -0.2) is 58.5 Å². The maximum Gasteiger partial charge on any atom is 0.311 e. The molecule has 0 radical (unpaired) electrons. The normalized spacial score (nSPS) is 15.9. The van der Waals surface area contributed by atoms with Crippen LogP contribution >= 0.6 is 0 Å². The van der Waals surface area contributed by atoms with Gasteiger partial charge in [0.15, 0.2) is 11.5 Å². The Hall–Kier alpha value is -3.86. The van der Waals surface area contributed by atoms with Crippen molar-refractivity contribution in [1.82, 2.24) is 4.90 Å². The summed E-state index contributed by atoms with van der Waals surface area (Å²) >= 11 is 0. The third-order valence-electron chi connectivity index (χ3n) is 5.95. The third kappa shape index (κ3) is 5.37. The number of fused-ring (bicyclic) bond motifs is 2. The zero-order valence-electron chi connectivity index (χ0n) is 18.6. The van der Waals surface area contributed by atoms with E-state index in [1.807, 2.05) is 0 Å². The molecule has 2 aromatic carbocycles. The van der Waals surface area contributed by atoms with Crippen molar-refractivity contribution in [2.75, 3.05) is 26.2 Å². The average molecular weight is 467 g/mol. The molecule has 3 heterocycles. The molecule has 1 N–H and O–H groups in total. The standard InChI is InChI=1S/C15H19N3O3.C8H6N2O3/c19-18(20)14-8-12-10-16-11-13(12)9-15(14)21-7-6-17-4-2-1-3-5-17;11-8-2-6-4-9-3-5(6)1-7(8)10(12)13/h8-10H,1-7,11H2;1-3,11H,4H2. The zero-order valence-corrected chi connectivity index (χ0v) is 18.6. The molecule has 3 aliphatic rings. The Morgan fingerprint density at radius 1 is 0.882 bits per heavy atom. The minimum atomic E-state index is -0.609. The van der Waals surface area contributed by atoms with Gasteiger partial charge in [0.25, 0.3) is 0 Å². The maximum atomic E-state index is 11.2. The molecule has 11 nitrogen and oxygen atoms in total. The molecule has 0 atom stereocenters. The number of rotatable bonds is 6. The molecule has 11 heteroatoms. The van der Waals surface area contributed by atoms with E-state index in [1.54, 1.807) is 24.6 Å². The molecular formula is C23H25N5O6. The van der Waals surface area contributed by atoms with Crippen LogP contribution in [0.25, 0.3) is 0 Å². The minimum absolute atomic E-state index is 0.0285. The van der Waals surface area contributed by atoms with Gasteiger partial charge in [0, 0.05) is 42.2 Å². The first-order chi connectivity index (χ1) is 16.4. The molecule has 5 rings (SSSR count). The smallest absolute Gasteiger partial charge is 0.311 e. The summed E-state index contributed by atoms with van der Waals surface area (Å²) in [6, 6.07) is 6.04. The van der Waals surface area contributed by atoms with Crippen molar-refractivity contribution >= 4 is 23.8 Å². The molecule has 0 bridgehead atoms. The Kier molecular flexibility index (Phi) is 7.12. The number of aliphatic imine (C=N–C) groups is 2. The Balaban J connectivity index is 0.000000180. The quantitative estimate of drug-likeness (QED) is 0.504. The van der Waals surface area contributed by atoms with E-state index in [4.69, 9.17) is 4.74 Å². The second-order valence-electron chi connectivity index (χ2n) is 8.26. The summed E-state index contributed by atoms with van der Waals surface area (Å²) in [6.07, 6.45) is 7.02. The van der Waals surface area contributed by atoms with Gasteiger partial charge in [-0.1, -0.05) is 6.42 Å². The van der Waals surface area contributed by atoms with Gasteiger partial charge in [0.1, 0.15) is 6.61 Å². The van der Waals surface area contributed by atoms with Gasteiger partial charge in [-0.2, -0.15) is 0 Å². The largest absolute Gasteiger partial charge is 0.502 e. The highest BCUT2D eigenvalue weighted by Gasteiger charge is 2.21. The van der Waals surface area contributed by atoms with Crippen molar-refractivity contribution in [3.05, 3.63) is 66.7 Å². The molecule has 1 saturated heterocycles. The number of phenolic OH excluding ortho intramolecular Hbond substituents is 1. The lowest BCUT2D eigenvalue weighted by Gasteiger charge is -2.26. The first-order valence-corrected chi connectivity index (χ1v) is 11.1. The van der Waals surface area contributed by atoms with E-state index in [0.29, 0.717) is 31.0 Å². The van der Waals surface area contributed by atoms with E-state index in [1.165, 1.54) is 31.4 Å². The number of aromatic hydroxyl groups is 1. The van der Waals surface area contributed by atoms with Crippen molar-refractivity contribution in [3.8, 4) is 11.5 Å². The predicted molar refractivity (Wildman–Crippen MR) is 126 cm³/mol. The lowest BCUT2D eigenvalue weighted by molar-refractivity contribution is -0.386. The molecule has 0 aromatic heterocycles. The number of piperidine rings is 1. The molecule has 1 fully saturated rings. The Morgan fingerprint density at radius 3 is 2.09 bits per heavy atom. The van der Waals surface area contributed by atoms with Crippen molar-refractivity contribution in [1.29, 1.82) is 0 Å². The number of nitrogens with zero attached hydrogens (tertiary/aromatic N) is 5. The third-order valence-corrected chi connectivity index (χ3v) is 5.95. The summed E-state index contributed by atoms with van der Waals surface area (Å²) in [7, 11) is 0. The highest BCUT2D eigenvalue weighted by atomic mass is 16.6. The van der Waals surface area contributed by atoms with E-state index in [0.717, 1.165) is 36.3 Å². The van der Waals surface area contributed by atoms with Gasteiger partial charge >= 0.3 is 11.4 Å². The lowest BCUT2D eigenvalue weighted by Crippen LogP contribution is -2.33. The van der Waals surface area contributed by atoms with Gasteiger partial charge in [-0.25, -0.2) is 0 Å². The summed E-state index contributed by atoms with van der Waals surface area (Å²) in [5, 5.41) is 30.8. The molecule has 0 spiro atoms. The second-order valence-corrected chi connectivity index (χ2v) is 8.26. The van der Waals surface area contributed by atoms with Crippen LogP contribution in [0.4, 0.5) is 11.4 Å². The van der Waals surface area contributed by atoms with Crippen molar-refractivity contribution in [2.24, 2.45) is 9.98 Å². The fourth-order valence-electron chi connectivity index (χ4n) is 4.13. The van der Waals surface area contributed by atoms with Crippen LogP contribution in [0.5, 0.6) is 11.5 Å². The van der Waals surface area contributed by atoms with E-state index >= 15 is 0 Å². The van der Waals surface area contributed by atoms with Crippen LogP contribution in [0, 0.1) is 20.2 Å². The van der Waals surface area contributed by atoms with Gasteiger partial charge in [-0.05, 0) is 49.2 Å². The number of phenols is 1. The highest BCUT2D eigenvalue weighted by Crippen LogP contribution is 2.32. The predicted octanol–water partition coefficient (Wildman–Crippen LogP) is 3.62. The average Bonchev–Trinajstić information content (AvgIpc) is 3.47. The van der Waals surface area contributed by atoms with Gasteiger partial charge < -0.3 is 9.84 Å². The Labute approximate surface area is 195 Å². The Morgan fingerprint density at radius 2 is 1.47 bits per heavy atom. The summed E-state index contributed by atoms with van der Waals surface area (Å²) < 4.78 is 5.69. The minimum Gasteiger partial charge on any atom is -0.502 e. The molecule has 3 aliphatic heterocycles. The van der Waals surface area contributed by atoms with Crippen LogP contribution in [-0.2, 0) is 13.1 Å². The second kappa shape index (κ2) is 10.4.